The van der Waals surface area contributed by atoms with E-state index in [9.17, 15) is 9.59 Å². The van der Waals surface area contributed by atoms with Gasteiger partial charge in [-0.25, -0.2) is 4.98 Å². The van der Waals surface area contributed by atoms with Crippen LogP contribution in [0, 0.1) is 20.8 Å². The number of anilines is 1. The van der Waals surface area contributed by atoms with Crippen molar-refractivity contribution in [3.63, 3.8) is 0 Å². The first kappa shape index (κ1) is 19.9. The third-order valence-electron chi connectivity index (χ3n) is 4.45. The fraction of sp³-hybridized carbons (Fsp3) is 0.316. The molecule has 1 amide bonds. The van der Waals surface area contributed by atoms with Crippen LogP contribution >= 0.6 is 34.7 Å². The summed E-state index contributed by atoms with van der Waals surface area (Å²) in [5, 5.41) is 3.87. The van der Waals surface area contributed by atoms with E-state index in [1.165, 1.54) is 23.1 Å². The zero-order chi connectivity index (χ0) is 19.7. The van der Waals surface area contributed by atoms with Crippen molar-refractivity contribution in [3.05, 3.63) is 55.4 Å². The number of nitrogens with zero attached hydrogens (tertiary/aromatic N) is 1. The van der Waals surface area contributed by atoms with Crippen molar-refractivity contribution >= 4 is 56.5 Å². The summed E-state index contributed by atoms with van der Waals surface area (Å²) in [4.78, 5) is 34.0. The number of halogens is 1. The maximum absolute atomic E-state index is 12.5. The first-order chi connectivity index (χ1) is 12.8. The first-order valence-electron chi connectivity index (χ1n) is 8.44. The Kier molecular flexibility index (Phi) is 5.93. The lowest BCUT2D eigenvalue weighted by Gasteiger charge is -2.14. The van der Waals surface area contributed by atoms with E-state index in [0.717, 1.165) is 20.8 Å². The van der Waals surface area contributed by atoms with Gasteiger partial charge in [-0.2, -0.15) is 0 Å². The Bertz CT molecular complexity index is 1070. The quantitative estimate of drug-likeness (QED) is 0.619. The molecule has 2 heterocycles. The van der Waals surface area contributed by atoms with Crippen molar-refractivity contribution in [1.29, 1.82) is 0 Å². The van der Waals surface area contributed by atoms with Crippen molar-refractivity contribution in [2.45, 2.75) is 38.7 Å². The SMILES string of the molecule is Cc1sc2nc(CSC(C)C(=O)Nc3cccc(Cl)c3C)[nH]c(=O)c2c1C. The molecule has 142 valence electrons. The monoisotopic (exact) mass is 421 g/mol. The molecule has 0 aliphatic carbocycles. The molecule has 0 saturated carbocycles. The van der Waals surface area contributed by atoms with Gasteiger partial charge in [0.2, 0.25) is 5.91 Å². The summed E-state index contributed by atoms with van der Waals surface area (Å²) >= 11 is 9.04. The molecular weight excluding hydrogens is 402 g/mol. The third kappa shape index (κ3) is 4.20. The van der Waals surface area contributed by atoms with Crippen LogP contribution in [0.2, 0.25) is 5.02 Å². The van der Waals surface area contributed by atoms with Crippen molar-refractivity contribution in [2.24, 2.45) is 0 Å². The zero-order valence-electron chi connectivity index (χ0n) is 15.5. The Hall–Kier alpha value is -1.83. The van der Waals surface area contributed by atoms with Crippen molar-refractivity contribution < 1.29 is 4.79 Å². The number of hydrogen-bond acceptors (Lipinski definition) is 5. The van der Waals surface area contributed by atoms with Gasteiger partial charge in [-0.3, -0.25) is 9.59 Å². The number of fused-ring (bicyclic) bond motifs is 1. The number of nitrogens with one attached hydrogen (secondary N) is 2. The van der Waals surface area contributed by atoms with Crippen LogP contribution in [0.3, 0.4) is 0 Å². The first-order valence-corrected chi connectivity index (χ1v) is 10.7. The fourth-order valence-corrected chi connectivity index (χ4v) is 4.60. The Morgan fingerprint density at radius 1 is 1.33 bits per heavy atom. The minimum Gasteiger partial charge on any atom is -0.325 e. The maximum Gasteiger partial charge on any atom is 0.259 e. The van der Waals surface area contributed by atoms with Gasteiger partial charge in [-0.05, 0) is 51.0 Å². The molecule has 5 nitrogen and oxygen atoms in total. The number of thiophene rings is 1. The van der Waals surface area contributed by atoms with Gasteiger partial charge in [0.05, 0.1) is 16.4 Å². The number of benzene rings is 1. The Balaban J connectivity index is 1.69. The number of carbonyl (C=O) groups excluding carboxylic acids is 1. The van der Waals surface area contributed by atoms with Gasteiger partial charge in [0, 0.05) is 15.6 Å². The van der Waals surface area contributed by atoms with Gasteiger partial charge in [0.25, 0.3) is 5.56 Å². The van der Waals surface area contributed by atoms with E-state index >= 15 is 0 Å². The molecule has 0 spiro atoms. The van der Waals surface area contributed by atoms with Crippen LogP contribution in [-0.4, -0.2) is 21.1 Å². The van der Waals surface area contributed by atoms with E-state index in [-0.39, 0.29) is 16.7 Å². The van der Waals surface area contributed by atoms with Crippen LogP contribution in [0.5, 0.6) is 0 Å². The van der Waals surface area contributed by atoms with E-state index in [1.54, 1.807) is 12.1 Å². The number of aromatic nitrogens is 2. The van der Waals surface area contributed by atoms with Gasteiger partial charge >= 0.3 is 0 Å². The van der Waals surface area contributed by atoms with Crippen LogP contribution < -0.4 is 10.9 Å². The number of rotatable bonds is 5. The average Bonchev–Trinajstić information content (AvgIpc) is 2.91. The second-order valence-electron chi connectivity index (χ2n) is 6.33. The van der Waals surface area contributed by atoms with Gasteiger partial charge in [-0.1, -0.05) is 17.7 Å². The van der Waals surface area contributed by atoms with Crippen LogP contribution in [0.25, 0.3) is 10.2 Å². The molecule has 8 heteroatoms. The molecule has 0 bridgehead atoms. The van der Waals surface area contributed by atoms with E-state index in [1.807, 2.05) is 33.8 Å². The number of aryl methyl sites for hydroxylation is 2. The minimum absolute atomic E-state index is 0.114. The predicted molar refractivity (Wildman–Crippen MR) is 115 cm³/mol. The summed E-state index contributed by atoms with van der Waals surface area (Å²) in [5.74, 6) is 0.915. The van der Waals surface area contributed by atoms with Gasteiger partial charge in [0.15, 0.2) is 0 Å². The molecule has 0 saturated heterocycles. The molecule has 2 aromatic heterocycles. The number of hydrogen-bond donors (Lipinski definition) is 2. The summed E-state index contributed by atoms with van der Waals surface area (Å²) < 4.78 is 0. The number of amides is 1. The molecule has 1 aromatic carbocycles. The van der Waals surface area contributed by atoms with Crippen molar-refractivity contribution in [3.8, 4) is 0 Å². The molecule has 27 heavy (non-hydrogen) atoms. The van der Waals surface area contributed by atoms with Crippen LogP contribution in [0.4, 0.5) is 5.69 Å². The van der Waals surface area contributed by atoms with Gasteiger partial charge in [-0.15, -0.1) is 23.1 Å². The van der Waals surface area contributed by atoms with Crippen LogP contribution in [-0.2, 0) is 10.5 Å². The van der Waals surface area contributed by atoms with Crippen molar-refractivity contribution in [1.82, 2.24) is 9.97 Å². The highest BCUT2D eigenvalue weighted by atomic mass is 35.5. The smallest absolute Gasteiger partial charge is 0.259 e. The van der Waals surface area contributed by atoms with E-state index in [0.29, 0.717) is 27.7 Å². The second kappa shape index (κ2) is 8.04. The van der Waals surface area contributed by atoms with Crippen LogP contribution in [0.1, 0.15) is 28.8 Å². The average molecular weight is 422 g/mol. The standard InChI is InChI=1S/C19H20ClN3O2S2/c1-9-11(3)27-19-16(9)18(25)22-15(23-19)8-26-12(4)17(24)21-14-7-5-6-13(20)10(14)2/h5-7,12H,8H2,1-4H3,(H,21,24)(H,22,23,25). The number of aromatic amines is 1. The Labute approximate surface area is 170 Å². The number of carbonyl (C=O) groups is 1. The fourth-order valence-electron chi connectivity index (χ4n) is 2.62. The largest absolute Gasteiger partial charge is 0.325 e. The molecule has 3 aromatic rings. The summed E-state index contributed by atoms with van der Waals surface area (Å²) in [6, 6.07) is 5.42. The third-order valence-corrected chi connectivity index (χ3v) is 7.12. The molecule has 1 unspecified atom stereocenters. The number of H-pyrrole nitrogens is 1. The van der Waals surface area contributed by atoms with Crippen LogP contribution in [0.15, 0.2) is 23.0 Å². The van der Waals surface area contributed by atoms with Gasteiger partial charge < -0.3 is 10.3 Å². The molecule has 2 N–H and O–H groups in total. The zero-order valence-corrected chi connectivity index (χ0v) is 17.9. The highest BCUT2D eigenvalue weighted by Gasteiger charge is 2.17. The summed E-state index contributed by atoms with van der Waals surface area (Å²) in [6.07, 6.45) is 0. The van der Waals surface area contributed by atoms with E-state index < -0.39 is 0 Å². The highest BCUT2D eigenvalue weighted by molar-refractivity contribution is 7.99. The minimum atomic E-state index is -0.309. The number of thioether (sulfide) groups is 1. The lowest BCUT2D eigenvalue weighted by Crippen LogP contribution is -2.23. The molecule has 0 aliphatic heterocycles. The molecule has 0 fully saturated rings. The molecular formula is C19H20ClN3O2S2. The van der Waals surface area contributed by atoms with E-state index in [2.05, 4.69) is 15.3 Å². The summed E-state index contributed by atoms with van der Waals surface area (Å²) in [7, 11) is 0. The predicted octanol–water partition coefficient (Wildman–Crippen LogP) is 4.82. The normalized spacial score (nSPS) is 12.3. The molecule has 0 radical (unpaired) electrons. The Morgan fingerprint density at radius 3 is 2.81 bits per heavy atom. The van der Waals surface area contributed by atoms with Gasteiger partial charge in [0.1, 0.15) is 10.7 Å². The lowest BCUT2D eigenvalue weighted by molar-refractivity contribution is -0.115. The molecule has 3 rings (SSSR count). The topological polar surface area (TPSA) is 74.8 Å². The lowest BCUT2D eigenvalue weighted by atomic mass is 10.2. The second-order valence-corrected chi connectivity index (χ2v) is 9.27. The Morgan fingerprint density at radius 2 is 2.07 bits per heavy atom. The summed E-state index contributed by atoms with van der Waals surface area (Å²) in [6.45, 7) is 7.62. The summed E-state index contributed by atoms with van der Waals surface area (Å²) in [5.41, 5.74) is 2.40. The molecule has 1 atom stereocenters. The maximum atomic E-state index is 12.5. The van der Waals surface area contributed by atoms with E-state index in [4.69, 9.17) is 11.6 Å². The molecule has 0 aliphatic rings. The highest BCUT2D eigenvalue weighted by Crippen LogP contribution is 2.27. The van der Waals surface area contributed by atoms with Crippen molar-refractivity contribution in [2.75, 3.05) is 5.32 Å².